The highest BCUT2D eigenvalue weighted by atomic mass is 32.1. The van der Waals surface area contributed by atoms with Crippen molar-refractivity contribution in [1.82, 2.24) is 19.2 Å². The summed E-state index contributed by atoms with van der Waals surface area (Å²) in [6, 6.07) is 19.1. The molecule has 1 saturated heterocycles. The third-order valence-electron chi connectivity index (χ3n) is 5.33. The predicted molar refractivity (Wildman–Crippen MR) is 114 cm³/mol. The molecule has 0 unspecified atom stereocenters. The topological polar surface area (TPSA) is 35.2 Å². The number of nitrogens with zero attached hydrogens (tertiary/aromatic N) is 4. The van der Waals surface area contributed by atoms with E-state index in [0.717, 1.165) is 34.9 Å². The molecular weight excluding hydrogens is 368 g/mol. The standard InChI is InChI=1S/C22H26N4OS/c1-3-27-19-13-11-17(12-14-19)20-10-7-15-25(20)16-26-22(28)24(2)21(23-26)18-8-5-4-6-9-18/h4-6,8-9,11-14,20H,3,7,10,15-16H2,1-2H3/t20-/m0/s1. The van der Waals surface area contributed by atoms with Crippen LogP contribution < -0.4 is 4.74 Å². The molecule has 0 spiro atoms. The smallest absolute Gasteiger partial charge is 0.199 e. The highest BCUT2D eigenvalue weighted by Gasteiger charge is 2.27. The average Bonchev–Trinajstić information content (AvgIpc) is 3.30. The second kappa shape index (κ2) is 8.29. The predicted octanol–water partition coefficient (Wildman–Crippen LogP) is 4.81. The van der Waals surface area contributed by atoms with Gasteiger partial charge in [0.15, 0.2) is 10.6 Å². The van der Waals surface area contributed by atoms with Gasteiger partial charge in [-0.25, -0.2) is 4.68 Å². The van der Waals surface area contributed by atoms with Crippen LogP contribution in [0.5, 0.6) is 5.75 Å². The first-order valence-electron chi connectivity index (χ1n) is 9.83. The van der Waals surface area contributed by atoms with Gasteiger partial charge in [0.2, 0.25) is 0 Å². The number of ether oxygens (including phenoxy) is 1. The van der Waals surface area contributed by atoms with E-state index in [1.54, 1.807) is 0 Å². The average molecular weight is 395 g/mol. The van der Waals surface area contributed by atoms with E-state index in [2.05, 4.69) is 41.3 Å². The summed E-state index contributed by atoms with van der Waals surface area (Å²) in [7, 11) is 1.99. The number of aromatic nitrogens is 3. The molecule has 1 aliphatic rings. The van der Waals surface area contributed by atoms with Crippen molar-refractivity contribution in [2.24, 2.45) is 7.05 Å². The first-order valence-corrected chi connectivity index (χ1v) is 10.2. The van der Waals surface area contributed by atoms with Crippen molar-refractivity contribution in [2.75, 3.05) is 13.2 Å². The zero-order valence-electron chi connectivity index (χ0n) is 16.4. The first-order chi connectivity index (χ1) is 13.7. The number of hydrogen-bond donors (Lipinski definition) is 0. The van der Waals surface area contributed by atoms with E-state index in [-0.39, 0.29) is 0 Å². The Labute approximate surface area is 171 Å². The fourth-order valence-electron chi connectivity index (χ4n) is 3.92. The van der Waals surface area contributed by atoms with Crippen LogP contribution in [0.4, 0.5) is 0 Å². The molecule has 3 aromatic rings. The summed E-state index contributed by atoms with van der Waals surface area (Å²) in [5.74, 6) is 1.83. The minimum Gasteiger partial charge on any atom is -0.494 e. The maximum atomic E-state index is 5.67. The summed E-state index contributed by atoms with van der Waals surface area (Å²) >= 11 is 5.67. The number of benzene rings is 2. The molecule has 6 heteroatoms. The van der Waals surface area contributed by atoms with Crippen LogP contribution in [-0.2, 0) is 13.7 Å². The highest BCUT2D eigenvalue weighted by Crippen LogP contribution is 2.33. The Morgan fingerprint density at radius 2 is 1.86 bits per heavy atom. The normalized spacial score (nSPS) is 17.1. The van der Waals surface area contributed by atoms with Crippen LogP contribution in [0.3, 0.4) is 0 Å². The summed E-state index contributed by atoms with van der Waals surface area (Å²) in [4.78, 5) is 2.47. The van der Waals surface area contributed by atoms with Crippen LogP contribution in [-0.4, -0.2) is 32.4 Å². The van der Waals surface area contributed by atoms with E-state index in [9.17, 15) is 0 Å². The Hall–Kier alpha value is -2.44. The molecule has 1 atom stereocenters. The Morgan fingerprint density at radius 1 is 1.11 bits per heavy atom. The van der Waals surface area contributed by atoms with Crippen LogP contribution in [0, 0.1) is 4.77 Å². The molecule has 0 aliphatic carbocycles. The molecule has 1 fully saturated rings. The van der Waals surface area contributed by atoms with Crippen LogP contribution in [0.1, 0.15) is 31.4 Å². The molecular formula is C22H26N4OS. The van der Waals surface area contributed by atoms with Crippen LogP contribution in [0.25, 0.3) is 11.4 Å². The Bertz CT molecular complexity index is 978. The van der Waals surface area contributed by atoms with Gasteiger partial charge in [-0.3, -0.25) is 4.90 Å². The van der Waals surface area contributed by atoms with Gasteiger partial charge in [0, 0.05) is 25.2 Å². The van der Waals surface area contributed by atoms with Crippen molar-refractivity contribution in [3.8, 4) is 17.1 Å². The Kier molecular flexibility index (Phi) is 5.59. The monoisotopic (exact) mass is 394 g/mol. The fraction of sp³-hybridized carbons (Fsp3) is 0.364. The molecule has 1 aliphatic heterocycles. The molecule has 146 valence electrons. The number of rotatable bonds is 6. The van der Waals surface area contributed by atoms with Gasteiger partial charge in [0.05, 0.1) is 13.3 Å². The lowest BCUT2D eigenvalue weighted by Crippen LogP contribution is -2.27. The molecule has 1 aromatic heterocycles. The van der Waals surface area contributed by atoms with Crippen molar-refractivity contribution in [3.63, 3.8) is 0 Å². The lowest BCUT2D eigenvalue weighted by atomic mass is 10.0. The van der Waals surface area contributed by atoms with Crippen LogP contribution in [0.15, 0.2) is 54.6 Å². The van der Waals surface area contributed by atoms with Gasteiger partial charge in [-0.15, -0.1) is 0 Å². The van der Waals surface area contributed by atoms with Crippen LogP contribution >= 0.6 is 12.2 Å². The maximum absolute atomic E-state index is 5.67. The molecule has 28 heavy (non-hydrogen) atoms. The fourth-order valence-corrected chi connectivity index (χ4v) is 4.10. The van der Waals surface area contributed by atoms with E-state index in [4.69, 9.17) is 22.1 Å². The molecule has 0 N–H and O–H groups in total. The number of hydrogen-bond acceptors (Lipinski definition) is 4. The second-order valence-electron chi connectivity index (χ2n) is 7.14. The van der Waals surface area contributed by atoms with E-state index < -0.39 is 0 Å². The Balaban J connectivity index is 1.56. The third kappa shape index (κ3) is 3.75. The van der Waals surface area contributed by atoms with Gasteiger partial charge in [-0.2, -0.15) is 5.10 Å². The van der Waals surface area contributed by atoms with Gasteiger partial charge in [-0.05, 0) is 49.7 Å². The summed E-state index contributed by atoms with van der Waals surface area (Å²) < 4.78 is 10.3. The van der Waals surface area contributed by atoms with Crippen molar-refractivity contribution in [3.05, 3.63) is 64.9 Å². The summed E-state index contributed by atoms with van der Waals surface area (Å²) in [6.45, 7) is 4.46. The lowest BCUT2D eigenvalue weighted by Gasteiger charge is -2.24. The van der Waals surface area contributed by atoms with Gasteiger partial charge in [0.25, 0.3) is 0 Å². The molecule has 0 amide bonds. The molecule has 0 bridgehead atoms. The molecule has 5 nitrogen and oxygen atoms in total. The summed E-state index contributed by atoms with van der Waals surface area (Å²) in [5, 5.41) is 4.82. The number of likely N-dealkylation sites (tertiary alicyclic amines) is 1. The third-order valence-corrected chi connectivity index (χ3v) is 5.81. The molecule has 0 saturated carbocycles. The van der Waals surface area contributed by atoms with E-state index in [0.29, 0.717) is 19.3 Å². The molecule has 2 heterocycles. The quantitative estimate of drug-likeness (QED) is 0.562. The second-order valence-corrected chi connectivity index (χ2v) is 7.51. The summed E-state index contributed by atoms with van der Waals surface area (Å²) in [5.41, 5.74) is 2.41. The van der Waals surface area contributed by atoms with Crippen LogP contribution in [0.2, 0.25) is 0 Å². The van der Waals surface area contributed by atoms with Crippen molar-refractivity contribution in [1.29, 1.82) is 0 Å². The van der Waals surface area contributed by atoms with E-state index in [1.807, 2.05) is 41.4 Å². The van der Waals surface area contributed by atoms with Crippen molar-refractivity contribution >= 4 is 12.2 Å². The minimum atomic E-state index is 0.389. The van der Waals surface area contributed by atoms with Gasteiger partial charge >= 0.3 is 0 Å². The lowest BCUT2D eigenvalue weighted by molar-refractivity contribution is 0.190. The minimum absolute atomic E-state index is 0.389. The first kappa shape index (κ1) is 18.9. The van der Waals surface area contributed by atoms with Gasteiger partial charge in [0.1, 0.15) is 5.75 Å². The zero-order chi connectivity index (χ0) is 19.5. The zero-order valence-corrected chi connectivity index (χ0v) is 17.2. The maximum Gasteiger partial charge on any atom is 0.199 e. The van der Waals surface area contributed by atoms with Gasteiger partial charge in [-0.1, -0.05) is 42.5 Å². The van der Waals surface area contributed by atoms with E-state index >= 15 is 0 Å². The van der Waals surface area contributed by atoms with Crippen molar-refractivity contribution < 1.29 is 4.74 Å². The summed E-state index contributed by atoms with van der Waals surface area (Å²) in [6.07, 6.45) is 2.34. The Morgan fingerprint density at radius 3 is 2.57 bits per heavy atom. The SMILES string of the molecule is CCOc1ccc([C@@H]2CCCN2Cn2nc(-c3ccccc3)n(C)c2=S)cc1. The van der Waals surface area contributed by atoms with E-state index in [1.165, 1.54) is 12.0 Å². The van der Waals surface area contributed by atoms with Crippen molar-refractivity contribution in [2.45, 2.75) is 32.5 Å². The molecule has 2 aromatic carbocycles. The highest BCUT2D eigenvalue weighted by molar-refractivity contribution is 7.71. The molecule has 4 rings (SSSR count). The largest absolute Gasteiger partial charge is 0.494 e. The van der Waals surface area contributed by atoms with Gasteiger partial charge < -0.3 is 9.30 Å². The molecule has 0 radical (unpaired) electrons.